The summed E-state index contributed by atoms with van der Waals surface area (Å²) in [5.41, 5.74) is 3.34. The molecular formula is C25H24N4O4S. The number of carbonyl (C=O) groups is 2. The second kappa shape index (κ2) is 9.98. The van der Waals surface area contributed by atoms with Gasteiger partial charge in [-0.05, 0) is 49.2 Å². The Hall–Kier alpha value is -3.82. The lowest BCUT2D eigenvalue weighted by molar-refractivity contribution is 0.102. The molecule has 4 aromatic rings. The molecule has 0 aliphatic rings. The van der Waals surface area contributed by atoms with Crippen molar-refractivity contribution in [3.63, 3.8) is 0 Å². The van der Waals surface area contributed by atoms with E-state index in [0.717, 1.165) is 11.1 Å². The molecule has 0 unspecified atom stereocenters. The maximum absolute atomic E-state index is 13.2. The van der Waals surface area contributed by atoms with Crippen molar-refractivity contribution in [2.45, 2.75) is 20.5 Å². The monoisotopic (exact) mass is 476 g/mol. The number of nitrogens with one attached hydrogen (secondary N) is 2. The van der Waals surface area contributed by atoms with E-state index in [9.17, 15) is 9.59 Å². The summed E-state index contributed by atoms with van der Waals surface area (Å²) in [5, 5.41) is 6.54. The number of hydrogen-bond donors (Lipinski definition) is 2. The van der Waals surface area contributed by atoms with Crippen molar-refractivity contribution in [3.05, 3.63) is 75.9 Å². The summed E-state index contributed by atoms with van der Waals surface area (Å²) in [4.78, 5) is 35.8. The molecule has 0 aliphatic carbocycles. The van der Waals surface area contributed by atoms with Crippen molar-refractivity contribution in [3.8, 4) is 5.88 Å². The first kappa shape index (κ1) is 23.3. The molecule has 0 saturated heterocycles. The number of aryl methyl sites for hydroxylation is 2. The van der Waals surface area contributed by atoms with Gasteiger partial charge in [-0.2, -0.15) is 4.98 Å². The Kier molecular flexibility index (Phi) is 6.85. The minimum Gasteiger partial charge on any atom is -0.480 e. The lowest BCUT2D eigenvalue weighted by atomic mass is 10.1. The Labute approximate surface area is 201 Å². The number of anilines is 2. The Morgan fingerprint density at radius 3 is 2.44 bits per heavy atom. The third-order valence-corrected chi connectivity index (χ3v) is 6.44. The van der Waals surface area contributed by atoms with Gasteiger partial charge >= 0.3 is 0 Å². The predicted molar refractivity (Wildman–Crippen MR) is 133 cm³/mol. The maximum Gasteiger partial charge on any atom is 0.266 e. The van der Waals surface area contributed by atoms with Gasteiger partial charge in [0.2, 0.25) is 5.88 Å². The average Bonchev–Trinajstić information content (AvgIpc) is 3.18. The highest BCUT2D eigenvalue weighted by Crippen LogP contribution is 2.35. The summed E-state index contributed by atoms with van der Waals surface area (Å²) >= 11 is 1.27. The molecule has 2 N–H and O–H groups in total. The number of amides is 2. The molecule has 34 heavy (non-hydrogen) atoms. The number of aromatic nitrogens is 2. The fourth-order valence-corrected chi connectivity index (χ4v) is 4.59. The van der Waals surface area contributed by atoms with Gasteiger partial charge in [-0.1, -0.05) is 24.3 Å². The summed E-state index contributed by atoms with van der Waals surface area (Å²) in [7, 11) is 3.10. The molecule has 2 aromatic carbocycles. The average molecular weight is 477 g/mol. The fraction of sp³-hybridized carbons (Fsp3) is 0.200. The smallest absolute Gasteiger partial charge is 0.266 e. The summed E-state index contributed by atoms with van der Waals surface area (Å²) in [5.74, 6) is 0.398. The van der Waals surface area contributed by atoms with Crippen LogP contribution in [0.2, 0.25) is 0 Å². The van der Waals surface area contributed by atoms with Crippen LogP contribution in [-0.4, -0.2) is 36.0 Å². The van der Waals surface area contributed by atoms with Crippen LogP contribution in [0.4, 0.5) is 11.4 Å². The third-order valence-electron chi connectivity index (χ3n) is 5.26. The number of carbonyl (C=O) groups excluding carboxylic acids is 2. The maximum atomic E-state index is 13.2. The molecule has 2 amide bonds. The predicted octanol–water partition coefficient (Wildman–Crippen LogP) is 4.97. The van der Waals surface area contributed by atoms with Crippen molar-refractivity contribution in [1.29, 1.82) is 0 Å². The molecule has 0 saturated carbocycles. The molecule has 4 rings (SSSR count). The molecule has 0 atom stereocenters. The fourth-order valence-electron chi connectivity index (χ4n) is 3.51. The summed E-state index contributed by atoms with van der Waals surface area (Å²) in [6, 6.07) is 14.3. The highest BCUT2D eigenvalue weighted by Gasteiger charge is 2.22. The van der Waals surface area contributed by atoms with Crippen molar-refractivity contribution in [1.82, 2.24) is 9.97 Å². The quantitative estimate of drug-likeness (QED) is 0.391. The first-order valence-electron chi connectivity index (χ1n) is 10.5. The zero-order chi connectivity index (χ0) is 24.2. The van der Waals surface area contributed by atoms with Gasteiger partial charge in [0.25, 0.3) is 11.8 Å². The summed E-state index contributed by atoms with van der Waals surface area (Å²) in [6.07, 6.45) is 0. The Morgan fingerprint density at radius 2 is 1.74 bits per heavy atom. The number of rotatable bonds is 7. The van der Waals surface area contributed by atoms with Crippen molar-refractivity contribution < 1.29 is 19.1 Å². The number of ether oxygens (including phenoxy) is 2. The Balaban J connectivity index is 1.60. The lowest BCUT2D eigenvalue weighted by Crippen LogP contribution is -2.14. The molecule has 0 aliphatic heterocycles. The van der Waals surface area contributed by atoms with E-state index < -0.39 is 0 Å². The van der Waals surface area contributed by atoms with Gasteiger partial charge in [0.05, 0.1) is 17.4 Å². The van der Waals surface area contributed by atoms with E-state index >= 15 is 0 Å². The van der Waals surface area contributed by atoms with Crippen LogP contribution in [0, 0.1) is 13.8 Å². The number of thiophene rings is 1. The van der Waals surface area contributed by atoms with Gasteiger partial charge in [-0.15, -0.1) is 11.3 Å². The standard InChI is InChI=1S/C25H24N4O4S/c1-14-10-11-17(26-22(30)16-8-6-5-7-9-16)12-18(14)27-23(31)21-15(2)20-24(33-4)28-19(13-32-3)29-25(20)34-21/h5-12H,13H2,1-4H3,(H,26,30)(H,27,31). The molecule has 174 valence electrons. The zero-order valence-corrected chi connectivity index (χ0v) is 20.1. The molecule has 0 radical (unpaired) electrons. The van der Waals surface area contributed by atoms with Crippen LogP contribution in [-0.2, 0) is 11.3 Å². The van der Waals surface area contributed by atoms with Gasteiger partial charge in [0.1, 0.15) is 11.4 Å². The first-order chi connectivity index (χ1) is 16.4. The van der Waals surface area contributed by atoms with Crippen molar-refractivity contribution in [2.24, 2.45) is 0 Å². The molecule has 0 spiro atoms. The van der Waals surface area contributed by atoms with E-state index in [1.54, 1.807) is 43.5 Å². The second-order valence-electron chi connectivity index (χ2n) is 7.62. The minimum absolute atomic E-state index is 0.223. The largest absolute Gasteiger partial charge is 0.480 e. The Bertz CT molecular complexity index is 1370. The normalized spacial score (nSPS) is 10.8. The topological polar surface area (TPSA) is 102 Å². The molecular weight excluding hydrogens is 452 g/mol. The third kappa shape index (κ3) is 4.75. The first-order valence-corrected chi connectivity index (χ1v) is 11.3. The van der Waals surface area contributed by atoms with E-state index in [1.165, 1.54) is 18.4 Å². The zero-order valence-electron chi connectivity index (χ0n) is 19.3. The van der Waals surface area contributed by atoms with E-state index in [4.69, 9.17) is 9.47 Å². The van der Waals surface area contributed by atoms with Crippen LogP contribution >= 0.6 is 11.3 Å². The second-order valence-corrected chi connectivity index (χ2v) is 8.62. The van der Waals surface area contributed by atoms with Gasteiger partial charge in [-0.3, -0.25) is 9.59 Å². The number of hydrogen-bond acceptors (Lipinski definition) is 7. The highest BCUT2D eigenvalue weighted by molar-refractivity contribution is 7.20. The summed E-state index contributed by atoms with van der Waals surface area (Å²) < 4.78 is 10.6. The van der Waals surface area contributed by atoms with Crippen molar-refractivity contribution in [2.75, 3.05) is 24.9 Å². The van der Waals surface area contributed by atoms with E-state index in [-0.39, 0.29) is 18.4 Å². The molecule has 8 nitrogen and oxygen atoms in total. The van der Waals surface area contributed by atoms with Gasteiger partial charge in [0, 0.05) is 24.0 Å². The molecule has 2 heterocycles. The molecule has 2 aromatic heterocycles. The van der Waals surface area contributed by atoms with E-state index in [0.29, 0.717) is 43.7 Å². The van der Waals surface area contributed by atoms with E-state index in [2.05, 4.69) is 20.6 Å². The van der Waals surface area contributed by atoms with Gasteiger partial charge in [0.15, 0.2) is 5.82 Å². The SMILES string of the molecule is COCc1nc(OC)c2c(C)c(C(=O)Nc3cc(NC(=O)c4ccccc4)ccc3C)sc2n1. The van der Waals surface area contributed by atoms with Crippen LogP contribution in [0.5, 0.6) is 5.88 Å². The minimum atomic E-state index is -0.273. The number of nitrogens with zero attached hydrogens (tertiary/aromatic N) is 2. The summed E-state index contributed by atoms with van der Waals surface area (Å²) in [6.45, 7) is 3.98. The van der Waals surface area contributed by atoms with E-state index in [1.807, 2.05) is 26.0 Å². The van der Waals surface area contributed by atoms with Gasteiger partial charge < -0.3 is 20.1 Å². The molecule has 0 fully saturated rings. The van der Waals surface area contributed by atoms with Gasteiger partial charge in [-0.25, -0.2) is 4.98 Å². The van der Waals surface area contributed by atoms with Crippen LogP contribution in [0.15, 0.2) is 48.5 Å². The highest BCUT2D eigenvalue weighted by atomic mass is 32.1. The number of methoxy groups -OCH3 is 2. The number of fused-ring (bicyclic) bond motifs is 1. The lowest BCUT2D eigenvalue weighted by Gasteiger charge is -2.11. The molecule has 9 heteroatoms. The van der Waals surface area contributed by atoms with Crippen LogP contribution in [0.3, 0.4) is 0 Å². The van der Waals surface area contributed by atoms with Crippen molar-refractivity contribution >= 4 is 44.7 Å². The van der Waals surface area contributed by atoms with Crippen LogP contribution in [0.1, 0.15) is 37.0 Å². The Morgan fingerprint density at radius 1 is 0.971 bits per heavy atom. The van der Waals surface area contributed by atoms with Crippen LogP contribution < -0.4 is 15.4 Å². The molecule has 0 bridgehead atoms. The number of benzene rings is 2. The van der Waals surface area contributed by atoms with Crippen LogP contribution in [0.25, 0.3) is 10.2 Å².